The second kappa shape index (κ2) is 7.65. The summed E-state index contributed by atoms with van der Waals surface area (Å²) in [5, 5.41) is 19.8. The van der Waals surface area contributed by atoms with E-state index in [0.29, 0.717) is 23.8 Å². The predicted octanol–water partition coefficient (Wildman–Crippen LogP) is 2.02. The lowest BCUT2D eigenvalue weighted by atomic mass is 10.2. The van der Waals surface area contributed by atoms with Gasteiger partial charge in [0, 0.05) is 19.1 Å². The largest absolute Gasteiger partial charge is 0.396 e. The van der Waals surface area contributed by atoms with Crippen LogP contribution in [0.1, 0.15) is 39.2 Å². The lowest BCUT2D eigenvalue weighted by molar-refractivity contribution is -0.115. The average molecular weight is 303 g/mol. The lowest BCUT2D eigenvalue weighted by Gasteiger charge is -2.14. The fourth-order valence-electron chi connectivity index (χ4n) is 2.13. The van der Waals surface area contributed by atoms with Crippen molar-refractivity contribution in [2.75, 3.05) is 11.9 Å². The molecule has 2 N–H and O–H groups in total. The van der Waals surface area contributed by atoms with Gasteiger partial charge in [-0.2, -0.15) is 0 Å². The first-order valence-corrected chi connectivity index (χ1v) is 7.43. The first kappa shape index (κ1) is 16.1. The molecule has 0 fully saturated rings. The fourth-order valence-corrected chi connectivity index (χ4v) is 2.13. The summed E-state index contributed by atoms with van der Waals surface area (Å²) < 4.78 is 1.93. The number of nitrogens with one attached hydrogen (secondary N) is 1. The van der Waals surface area contributed by atoms with Crippen LogP contribution in [0.2, 0.25) is 0 Å². The molecule has 0 spiro atoms. The Balaban J connectivity index is 2.23. The van der Waals surface area contributed by atoms with Gasteiger partial charge in [0.1, 0.15) is 17.8 Å². The molecule has 0 saturated carbocycles. The van der Waals surface area contributed by atoms with Gasteiger partial charge in [0.05, 0.1) is 0 Å². The van der Waals surface area contributed by atoms with Crippen LogP contribution in [0.5, 0.6) is 0 Å². The molecule has 7 nitrogen and oxygen atoms in total. The van der Waals surface area contributed by atoms with E-state index in [1.54, 1.807) is 19.3 Å². The van der Waals surface area contributed by atoms with Crippen molar-refractivity contribution in [1.29, 1.82) is 0 Å². The predicted molar refractivity (Wildman–Crippen MR) is 83.2 cm³/mol. The summed E-state index contributed by atoms with van der Waals surface area (Å²) in [5.74, 6) is 1.07. The summed E-state index contributed by atoms with van der Waals surface area (Å²) in [6.45, 7) is 4.00. The monoisotopic (exact) mass is 303 g/mol. The molecule has 118 valence electrons. The molecular formula is C15H21N5O2. The Morgan fingerprint density at radius 2 is 2.27 bits per heavy atom. The Labute approximate surface area is 129 Å². The standard InChI is InChI=1S/C15H21N5O2/c1-3-14(22)18-13-8-4-7-12(17-13)15-19-16-10-20(15)11(2)6-5-9-21/h4,7-8,10-11,21H,3,5-6,9H2,1-2H3,(H,17,18,22)/t11-/m0/s1. The van der Waals surface area contributed by atoms with Crippen molar-refractivity contribution in [2.45, 2.75) is 39.2 Å². The highest BCUT2D eigenvalue weighted by Gasteiger charge is 2.14. The summed E-state index contributed by atoms with van der Waals surface area (Å²) in [5.41, 5.74) is 0.655. The number of aliphatic hydroxyl groups excluding tert-OH is 1. The molecule has 0 saturated heterocycles. The van der Waals surface area contributed by atoms with Crippen molar-refractivity contribution in [3.8, 4) is 11.5 Å². The maximum absolute atomic E-state index is 11.5. The molecule has 2 rings (SSSR count). The Morgan fingerprint density at radius 3 is 3.00 bits per heavy atom. The third kappa shape index (κ3) is 3.88. The molecule has 7 heteroatoms. The molecule has 0 aliphatic rings. The van der Waals surface area contributed by atoms with Crippen LogP contribution >= 0.6 is 0 Å². The van der Waals surface area contributed by atoms with E-state index in [2.05, 4.69) is 20.5 Å². The van der Waals surface area contributed by atoms with Gasteiger partial charge in [-0.05, 0) is 31.9 Å². The van der Waals surface area contributed by atoms with Gasteiger partial charge < -0.3 is 15.0 Å². The van der Waals surface area contributed by atoms with Gasteiger partial charge in [-0.3, -0.25) is 4.79 Å². The van der Waals surface area contributed by atoms with Gasteiger partial charge in [-0.15, -0.1) is 10.2 Å². The second-order valence-corrected chi connectivity index (χ2v) is 5.09. The number of aliphatic hydroxyl groups is 1. The molecule has 2 aromatic rings. The third-order valence-electron chi connectivity index (χ3n) is 3.39. The minimum atomic E-state index is -0.0811. The molecule has 0 aromatic carbocycles. The van der Waals surface area contributed by atoms with Gasteiger partial charge in [-0.25, -0.2) is 4.98 Å². The van der Waals surface area contributed by atoms with Crippen LogP contribution < -0.4 is 5.32 Å². The molecule has 0 unspecified atom stereocenters. The minimum Gasteiger partial charge on any atom is -0.396 e. The third-order valence-corrected chi connectivity index (χ3v) is 3.39. The number of hydrogen-bond acceptors (Lipinski definition) is 5. The van der Waals surface area contributed by atoms with Crippen molar-refractivity contribution in [3.05, 3.63) is 24.5 Å². The second-order valence-electron chi connectivity index (χ2n) is 5.09. The van der Waals surface area contributed by atoms with Crippen LogP contribution in [-0.2, 0) is 4.79 Å². The first-order chi connectivity index (χ1) is 10.7. The average Bonchev–Trinajstić information content (AvgIpc) is 3.02. The number of amides is 1. The molecule has 0 radical (unpaired) electrons. The SMILES string of the molecule is CCC(=O)Nc1cccc(-c2nncn2[C@@H](C)CCCO)n1. The molecule has 0 bridgehead atoms. The highest BCUT2D eigenvalue weighted by Crippen LogP contribution is 2.22. The van der Waals surface area contributed by atoms with Gasteiger partial charge in [0.2, 0.25) is 5.91 Å². The number of hydrogen-bond donors (Lipinski definition) is 2. The normalized spacial score (nSPS) is 12.1. The zero-order chi connectivity index (χ0) is 15.9. The zero-order valence-electron chi connectivity index (χ0n) is 12.9. The summed E-state index contributed by atoms with van der Waals surface area (Å²) in [4.78, 5) is 15.9. The van der Waals surface area contributed by atoms with E-state index in [9.17, 15) is 4.79 Å². The molecular weight excluding hydrogens is 282 g/mol. The van der Waals surface area contributed by atoms with E-state index < -0.39 is 0 Å². The van der Waals surface area contributed by atoms with E-state index in [4.69, 9.17) is 5.11 Å². The maximum atomic E-state index is 11.5. The van der Waals surface area contributed by atoms with Crippen LogP contribution in [0.25, 0.3) is 11.5 Å². The molecule has 0 aliphatic carbocycles. The van der Waals surface area contributed by atoms with Gasteiger partial charge in [0.25, 0.3) is 0 Å². The quantitative estimate of drug-likeness (QED) is 0.816. The number of anilines is 1. The van der Waals surface area contributed by atoms with Crippen LogP contribution in [0.15, 0.2) is 24.5 Å². The lowest BCUT2D eigenvalue weighted by Crippen LogP contribution is -2.12. The molecule has 22 heavy (non-hydrogen) atoms. The van der Waals surface area contributed by atoms with Gasteiger partial charge >= 0.3 is 0 Å². The van der Waals surface area contributed by atoms with Crippen molar-refractivity contribution in [3.63, 3.8) is 0 Å². The van der Waals surface area contributed by atoms with Crippen LogP contribution in [0.3, 0.4) is 0 Å². The topological polar surface area (TPSA) is 92.9 Å². The highest BCUT2D eigenvalue weighted by atomic mass is 16.2. The smallest absolute Gasteiger partial charge is 0.225 e. The van der Waals surface area contributed by atoms with Gasteiger partial charge in [-0.1, -0.05) is 13.0 Å². The van der Waals surface area contributed by atoms with E-state index in [1.807, 2.05) is 23.6 Å². The summed E-state index contributed by atoms with van der Waals surface area (Å²) in [6.07, 6.45) is 3.61. The van der Waals surface area contributed by atoms with Crippen molar-refractivity contribution in [2.24, 2.45) is 0 Å². The summed E-state index contributed by atoms with van der Waals surface area (Å²) >= 11 is 0. The molecule has 2 aromatic heterocycles. The number of rotatable bonds is 7. The van der Waals surface area contributed by atoms with Crippen molar-refractivity contribution < 1.29 is 9.90 Å². The van der Waals surface area contributed by atoms with Crippen molar-refractivity contribution in [1.82, 2.24) is 19.7 Å². The van der Waals surface area contributed by atoms with Crippen molar-refractivity contribution >= 4 is 11.7 Å². The maximum Gasteiger partial charge on any atom is 0.225 e. The first-order valence-electron chi connectivity index (χ1n) is 7.43. The number of nitrogens with zero attached hydrogens (tertiary/aromatic N) is 4. The highest BCUT2D eigenvalue weighted by molar-refractivity contribution is 5.89. The van der Waals surface area contributed by atoms with Crippen LogP contribution in [0.4, 0.5) is 5.82 Å². The van der Waals surface area contributed by atoms with Crippen LogP contribution in [0, 0.1) is 0 Å². The van der Waals surface area contributed by atoms with E-state index in [-0.39, 0.29) is 18.6 Å². The molecule has 1 atom stereocenters. The molecule has 1 amide bonds. The summed E-state index contributed by atoms with van der Waals surface area (Å²) in [7, 11) is 0. The Kier molecular flexibility index (Phi) is 5.60. The van der Waals surface area contributed by atoms with Crippen LogP contribution in [-0.4, -0.2) is 37.4 Å². The summed E-state index contributed by atoms with van der Waals surface area (Å²) in [6, 6.07) is 5.56. The fraction of sp³-hybridized carbons (Fsp3) is 0.467. The Bertz CT molecular complexity index is 626. The Morgan fingerprint density at radius 1 is 1.45 bits per heavy atom. The van der Waals surface area contributed by atoms with Gasteiger partial charge in [0.15, 0.2) is 5.82 Å². The van der Waals surface area contributed by atoms with E-state index in [1.165, 1.54) is 0 Å². The van der Waals surface area contributed by atoms with E-state index >= 15 is 0 Å². The zero-order valence-corrected chi connectivity index (χ0v) is 12.9. The number of pyridine rings is 1. The number of aromatic nitrogens is 4. The number of carbonyl (C=O) groups is 1. The molecule has 2 heterocycles. The number of carbonyl (C=O) groups excluding carboxylic acids is 1. The molecule has 0 aliphatic heterocycles. The Hall–Kier alpha value is -2.28. The van der Waals surface area contributed by atoms with E-state index in [0.717, 1.165) is 12.8 Å². The minimum absolute atomic E-state index is 0.0811.